The highest BCUT2D eigenvalue weighted by molar-refractivity contribution is 5.96. The summed E-state index contributed by atoms with van der Waals surface area (Å²) in [4.78, 5) is 60.0. The average Bonchev–Trinajstić information content (AvgIpc) is 1.66. The van der Waals surface area contributed by atoms with Crippen molar-refractivity contribution in [3.63, 3.8) is 0 Å². The Balaban J connectivity index is 0.00000134. The number of ether oxygens (including phenoxy) is 2. The van der Waals surface area contributed by atoms with Crippen LogP contribution in [0.2, 0.25) is 0 Å². The highest BCUT2D eigenvalue weighted by atomic mass is 16.5. The maximum absolute atomic E-state index is 12.1. The lowest BCUT2D eigenvalue weighted by molar-refractivity contribution is -0.132. The van der Waals surface area contributed by atoms with Crippen LogP contribution in [0.5, 0.6) is 0 Å². The van der Waals surface area contributed by atoms with E-state index in [0.29, 0.717) is 37.1 Å². The van der Waals surface area contributed by atoms with Crippen molar-refractivity contribution >= 4 is 23.8 Å². The lowest BCUT2D eigenvalue weighted by Crippen LogP contribution is -2.49. The number of rotatable bonds is 0. The number of nitrogens with one attached hydrogen (secondary N) is 4. The van der Waals surface area contributed by atoms with Gasteiger partial charge in [0.05, 0.1) is 6.54 Å². The molecule has 0 saturated carbocycles. The van der Waals surface area contributed by atoms with E-state index in [2.05, 4.69) is 352 Å². The summed E-state index contributed by atoms with van der Waals surface area (Å²) in [6.07, 6.45) is 2.59. The van der Waals surface area contributed by atoms with Gasteiger partial charge in [0.25, 0.3) is 11.8 Å². The summed E-state index contributed by atoms with van der Waals surface area (Å²) in [7, 11) is 14.1. The van der Waals surface area contributed by atoms with E-state index >= 15 is 0 Å². The molecule has 0 bridgehead atoms. The van der Waals surface area contributed by atoms with Gasteiger partial charge in [-0.1, -0.05) is 309 Å². The molecule has 0 aromatic rings. The van der Waals surface area contributed by atoms with E-state index in [1.54, 1.807) is 26.5 Å². The molecular formula is C100H189N11O6. The molecule has 7 aliphatic rings. The first kappa shape index (κ1) is 112. The number of hydrogen-bond acceptors (Lipinski definition) is 12. The predicted octanol–water partition coefficient (Wildman–Crippen LogP) is 22.0. The van der Waals surface area contributed by atoms with E-state index in [4.69, 9.17) is 9.47 Å². The van der Waals surface area contributed by atoms with Crippen molar-refractivity contribution in [2.75, 3.05) is 141 Å². The first-order chi connectivity index (χ1) is 51.4. The van der Waals surface area contributed by atoms with Crippen LogP contribution in [0.1, 0.15) is 311 Å². The molecule has 0 atom stereocenters. The number of hydrogen-bond donors (Lipinski definition) is 4. The number of allylic oxidation sites excluding steroid dienone is 4. The van der Waals surface area contributed by atoms with Crippen molar-refractivity contribution in [1.29, 1.82) is 0 Å². The Labute approximate surface area is 723 Å². The number of hydrazine groups is 1. The third-order valence-electron chi connectivity index (χ3n) is 22.4. The molecule has 7 aliphatic heterocycles. The van der Waals surface area contributed by atoms with Crippen LogP contribution < -0.4 is 21.4 Å². The molecular weight excluding hydrogens is 1450 g/mol. The summed E-state index contributed by atoms with van der Waals surface area (Å²) in [6, 6.07) is 0.0194. The predicted molar refractivity (Wildman–Crippen MR) is 504 cm³/mol. The third-order valence-corrected chi connectivity index (χ3v) is 22.4. The number of nitrogens with zero attached hydrogens (tertiary/aromatic N) is 7. The topological polar surface area (TPSA) is 158 Å². The Hall–Kier alpha value is -5.36. The van der Waals surface area contributed by atoms with E-state index in [-0.39, 0.29) is 103 Å². The zero-order valence-corrected chi connectivity index (χ0v) is 85.1. The van der Waals surface area contributed by atoms with Crippen LogP contribution in [0, 0.1) is 75.8 Å². The highest BCUT2D eigenvalue weighted by Gasteiger charge is 2.40. The molecule has 0 unspecified atom stereocenters. The molecule has 0 aromatic carbocycles. The number of likely N-dealkylation sites (N-methyl/N-ethyl adjacent to an activating group) is 7. The lowest BCUT2D eigenvalue weighted by Gasteiger charge is -2.39. The van der Waals surface area contributed by atoms with Gasteiger partial charge >= 0.3 is 6.03 Å². The van der Waals surface area contributed by atoms with Crippen LogP contribution in [0.15, 0.2) is 90.9 Å². The quantitative estimate of drug-likeness (QED) is 0.171. The minimum Gasteiger partial charge on any atom is -0.488 e. The summed E-state index contributed by atoms with van der Waals surface area (Å²) in [5.74, 6) is 1.93. The van der Waals surface area contributed by atoms with Crippen molar-refractivity contribution in [3.05, 3.63) is 90.9 Å². The number of carbonyl (C=O) groups is 4. The van der Waals surface area contributed by atoms with Gasteiger partial charge in [-0.25, -0.2) is 9.80 Å². The Morgan fingerprint density at radius 1 is 0.325 bits per heavy atom. The maximum atomic E-state index is 12.1. The zero-order chi connectivity index (χ0) is 91.6. The molecule has 5 amide bonds. The Kier molecular flexibility index (Phi) is 39.8. The molecule has 0 radical (unpaired) electrons. The highest BCUT2D eigenvalue weighted by Crippen LogP contribution is 2.46. The largest absolute Gasteiger partial charge is 0.488 e. The van der Waals surface area contributed by atoms with Crippen LogP contribution in [-0.2, 0) is 23.9 Å². The van der Waals surface area contributed by atoms with Gasteiger partial charge in [0.2, 0.25) is 5.91 Å². The Morgan fingerprint density at radius 2 is 0.701 bits per heavy atom. The van der Waals surface area contributed by atoms with Crippen LogP contribution in [-0.4, -0.2) is 199 Å². The fourth-order valence-corrected chi connectivity index (χ4v) is 15.5. The minimum atomic E-state index is -0.103. The summed E-state index contributed by atoms with van der Waals surface area (Å²) in [5.41, 5.74) is 22.3. The number of amides is 5. The van der Waals surface area contributed by atoms with E-state index in [9.17, 15) is 19.2 Å². The molecule has 17 nitrogen and oxygen atoms in total. The average molecular weight is 1640 g/mol. The third kappa shape index (κ3) is 36.3. The van der Waals surface area contributed by atoms with Gasteiger partial charge in [0, 0.05) is 127 Å². The van der Waals surface area contributed by atoms with E-state index in [1.807, 2.05) is 40.2 Å². The first-order valence-electron chi connectivity index (χ1n) is 43.5. The molecule has 7 rings (SSSR count). The molecule has 680 valence electrons. The maximum Gasteiger partial charge on any atom is 0.317 e. The van der Waals surface area contributed by atoms with E-state index < -0.39 is 0 Å². The van der Waals surface area contributed by atoms with Crippen LogP contribution >= 0.6 is 0 Å². The lowest BCUT2D eigenvalue weighted by atomic mass is 9.74. The molecule has 0 spiro atoms. The zero-order valence-electron chi connectivity index (χ0n) is 85.1. The standard InChI is InChI=1S/C15H27NO.C15H29N.2C14H26N2O.C14H28N2.C14H25NO2.C13H24N2O.CH4/c1-11-16(8)9-12(14(2,3)4)13(10-17-11)15(5,6)7;1-14(2,3)12-9-8-10-16(7)11-13(12)15(4,5)6;1-13(2,3)10-8-16(7)9-11(17)15-12(10)14(4,5)6;1-13(2,3)10-8-15-12(17)16(7)9-11(10)14(4,5)6;1-13(2,3)11-10-16(7)9-8-15-12(11)14(4,5)6;1-13(2,3)10-8-15(7)11(16)9-17-12(10)14(4,5)6;1-12(2,3)9-8-15(7)14-11(16)10(9)13(4,5)6;/h1,9-10H2,2-8H3;8-11H2,1-7H3;2*8-9H2,1-7H3,(H,15,17);15H,8-10H2,1-7H3;8-9H2,1-7H3;8H2,1-7H3,(H,14,16);1H4. The van der Waals surface area contributed by atoms with Crippen molar-refractivity contribution < 1.29 is 28.7 Å². The second-order valence-electron chi connectivity index (χ2n) is 48.9. The molecule has 0 saturated heterocycles. The van der Waals surface area contributed by atoms with Crippen molar-refractivity contribution in [1.82, 2.24) is 55.8 Å². The van der Waals surface area contributed by atoms with Gasteiger partial charge in [-0.3, -0.25) is 24.7 Å². The van der Waals surface area contributed by atoms with Crippen LogP contribution in [0.25, 0.3) is 0 Å². The van der Waals surface area contributed by atoms with Gasteiger partial charge in [-0.05, 0) is 151 Å². The number of urea groups is 1. The second kappa shape index (κ2) is 41.7. The normalized spacial score (nSPS) is 19.8. The summed E-state index contributed by atoms with van der Waals surface area (Å²) in [6.45, 7) is 109. The SMILES string of the molecule is C.C=C1OCC(C(C)(C)C)=C(C(C)(C)C)CN1C.CN1CC(=O)NC(C(C)(C)C)=C(C(C)(C)C)C1.CN1CC(C(C)(C)C)=C(C(C)(C)C)C(=O)N1.CN1CC(C(C)(C)C)=C(C(C)(C)C)CNC1=O.CN1CC(C(C)(C)C)=C(C(C)(C)C)OCC1=O.CN1CCCC(C(C)(C)C)=C(C(C)(C)C)C1.CN1CCNC(C(C)(C)C)=C(C(C)(C)C)C1. The molecule has 17 heteroatoms. The smallest absolute Gasteiger partial charge is 0.317 e. The summed E-state index contributed by atoms with van der Waals surface area (Å²) >= 11 is 0. The molecule has 4 N–H and O–H groups in total. The van der Waals surface area contributed by atoms with Crippen LogP contribution in [0.4, 0.5) is 4.79 Å². The molecule has 0 fully saturated rings. The fourth-order valence-electron chi connectivity index (χ4n) is 15.5. The Bertz CT molecular complexity index is 3330. The van der Waals surface area contributed by atoms with Crippen molar-refractivity contribution in [3.8, 4) is 0 Å². The second-order valence-corrected chi connectivity index (χ2v) is 48.9. The molecule has 117 heavy (non-hydrogen) atoms. The van der Waals surface area contributed by atoms with Crippen molar-refractivity contribution in [2.45, 2.75) is 311 Å². The summed E-state index contributed by atoms with van der Waals surface area (Å²) in [5, 5.41) is 11.6. The summed E-state index contributed by atoms with van der Waals surface area (Å²) < 4.78 is 11.5. The molecule has 0 aromatic heterocycles. The van der Waals surface area contributed by atoms with Gasteiger partial charge in [0.1, 0.15) is 12.4 Å². The molecule has 7 heterocycles. The Morgan fingerprint density at radius 3 is 1.11 bits per heavy atom. The monoisotopic (exact) mass is 1640 g/mol. The molecule has 0 aliphatic carbocycles. The van der Waals surface area contributed by atoms with Gasteiger partial charge in [-0.15, -0.1) is 0 Å². The minimum absolute atomic E-state index is 0. The van der Waals surface area contributed by atoms with E-state index in [1.165, 1.54) is 64.1 Å². The first-order valence-corrected chi connectivity index (χ1v) is 43.5. The fraction of sp³-hybridized carbons (Fsp3) is 0.800. The van der Waals surface area contributed by atoms with Gasteiger partial charge < -0.3 is 49.9 Å². The van der Waals surface area contributed by atoms with E-state index in [0.717, 1.165) is 75.3 Å². The number of carbonyl (C=O) groups excluding carboxylic acids is 4. The van der Waals surface area contributed by atoms with Gasteiger partial charge in [0.15, 0.2) is 12.5 Å². The van der Waals surface area contributed by atoms with Crippen molar-refractivity contribution in [2.24, 2.45) is 75.8 Å². The van der Waals surface area contributed by atoms with Crippen LogP contribution in [0.3, 0.4) is 0 Å². The van der Waals surface area contributed by atoms with Gasteiger partial charge in [-0.2, -0.15) is 0 Å².